The number of carbonyl (C=O) groups excluding carboxylic acids is 1. The SMILES string of the molecule is Cc1ccc(C)c(NC(=O)C=NO)c1. The fourth-order valence-corrected chi connectivity index (χ4v) is 1.09. The molecular formula is C10H12N2O2. The third-order valence-electron chi connectivity index (χ3n) is 1.83. The third kappa shape index (κ3) is 2.58. The van der Waals surface area contributed by atoms with E-state index in [2.05, 4.69) is 10.5 Å². The van der Waals surface area contributed by atoms with Gasteiger partial charge in [-0.3, -0.25) is 4.79 Å². The van der Waals surface area contributed by atoms with E-state index in [1.807, 2.05) is 32.0 Å². The van der Waals surface area contributed by atoms with Crippen molar-refractivity contribution in [2.75, 3.05) is 5.32 Å². The minimum absolute atomic E-state index is 0.443. The topological polar surface area (TPSA) is 61.7 Å². The molecule has 0 unspecified atom stereocenters. The zero-order chi connectivity index (χ0) is 10.6. The summed E-state index contributed by atoms with van der Waals surface area (Å²) in [7, 11) is 0. The van der Waals surface area contributed by atoms with Crippen molar-refractivity contribution in [1.29, 1.82) is 0 Å². The second-order valence-corrected chi connectivity index (χ2v) is 3.05. The highest BCUT2D eigenvalue weighted by atomic mass is 16.4. The third-order valence-corrected chi connectivity index (χ3v) is 1.83. The summed E-state index contributed by atoms with van der Waals surface area (Å²) in [6, 6.07) is 5.74. The van der Waals surface area contributed by atoms with E-state index in [1.54, 1.807) is 0 Å². The number of hydrogen-bond acceptors (Lipinski definition) is 3. The minimum Gasteiger partial charge on any atom is -0.411 e. The zero-order valence-electron chi connectivity index (χ0n) is 8.11. The van der Waals surface area contributed by atoms with Crippen LogP contribution in [-0.4, -0.2) is 17.3 Å². The van der Waals surface area contributed by atoms with Crippen LogP contribution in [0.25, 0.3) is 0 Å². The van der Waals surface area contributed by atoms with Gasteiger partial charge in [0.05, 0.1) is 0 Å². The highest BCUT2D eigenvalue weighted by Gasteiger charge is 2.01. The van der Waals surface area contributed by atoms with Gasteiger partial charge in [0.15, 0.2) is 0 Å². The number of oxime groups is 1. The summed E-state index contributed by atoms with van der Waals surface area (Å²) in [6.07, 6.45) is 0.821. The zero-order valence-corrected chi connectivity index (χ0v) is 8.11. The Kier molecular flexibility index (Phi) is 3.23. The molecule has 0 saturated carbocycles. The fourth-order valence-electron chi connectivity index (χ4n) is 1.09. The van der Waals surface area contributed by atoms with Gasteiger partial charge in [-0.25, -0.2) is 0 Å². The molecule has 2 N–H and O–H groups in total. The molecule has 0 saturated heterocycles. The van der Waals surface area contributed by atoms with Gasteiger partial charge in [0.1, 0.15) is 6.21 Å². The van der Waals surface area contributed by atoms with Crippen molar-refractivity contribution >= 4 is 17.8 Å². The maximum Gasteiger partial charge on any atom is 0.270 e. The molecule has 1 amide bonds. The normalized spacial score (nSPS) is 10.4. The lowest BCUT2D eigenvalue weighted by atomic mass is 10.1. The van der Waals surface area contributed by atoms with Crippen LogP contribution in [0.4, 0.5) is 5.69 Å². The van der Waals surface area contributed by atoms with E-state index in [0.717, 1.165) is 23.0 Å². The maximum atomic E-state index is 11.1. The predicted octanol–water partition coefficient (Wildman–Crippen LogP) is 1.70. The first-order valence-corrected chi connectivity index (χ1v) is 4.19. The van der Waals surface area contributed by atoms with Crippen LogP contribution in [0.3, 0.4) is 0 Å². The molecule has 74 valence electrons. The van der Waals surface area contributed by atoms with Gasteiger partial charge >= 0.3 is 0 Å². The van der Waals surface area contributed by atoms with Gasteiger partial charge < -0.3 is 10.5 Å². The largest absolute Gasteiger partial charge is 0.411 e. The molecule has 0 aliphatic carbocycles. The summed E-state index contributed by atoms with van der Waals surface area (Å²) < 4.78 is 0. The number of carbonyl (C=O) groups is 1. The Labute approximate surface area is 82.2 Å². The Hall–Kier alpha value is -1.84. The van der Waals surface area contributed by atoms with E-state index in [0.29, 0.717) is 0 Å². The van der Waals surface area contributed by atoms with E-state index in [9.17, 15) is 4.79 Å². The molecule has 0 aromatic heterocycles. The Balaban J connectivity index is 2.85. The lowest BCUT2D eigenvalue weighted by Crippen LogP contribution is -2.13. The summed E-state index contributed by atoms with van der Waals surface area (Å²) in [4.78, 5) is 11.1. The Bertz CT molecular complexity index is 372. The lowest BCUT2D eigenvalue weighted by Gasteiger charge is -2.06. The molecule has 0 radical (unpaired) electrons. The molecule has 0 aliphatic heterocycles. The number of aryl methyl sites for hydroxylation is 2. The van der Waals surface area contributed by atoms with Gasteiger partial charge in [-0.1, -0.05) is 17.3 Å². The van der Waals surface area contributed by atoms with Crippen molar-refractivity contribution in [2.45, 2.75) is 13.8 Å². The van der Waals surface area contributed by atoms with Crippen molar-refractivity contribution < 1.29 is 10.0 Å². The molecule has 1 aromatic carbocycles. The number of amides is 1. The molecule has 0 fully saturated rings. The number of anilines is 1. The molecule has 1 rings (SSSR count). The van der Waals surface area contributed by atoms with Crippen LogP contribution in [-0.2, 0) is 4.79 Å². The Morgan fingerprint density at radius 1 is 1.50 bits per heavy atom. The molecule has 14 heavy (non-hydrogen) atoms. The van der Waals surface area contributed by atoms with Crippen LogP contribution in [0.2, 0.25) is 0 Å². The molecule has 0 spiro atoms. The number of nitrogens with zero attached hydrogens (tertiary/aromatic N) is 1. The first kappa shape index (κ1) is 10.2. The molecule has 4 heteroatoms. The highest BCUT2D eigenvalue weighted by molar-refractivity contribution is 6.31. The lowest BCUT2D eigenvalue weighted by molar-refractivity contribution is -0.110. The molecule has 4 nitrogen and oxygen atoms in total. The smallest absolute Gasteiger partial charge is 0.270 e. The van der Waals surface area contributed by atoms with Crippen LogP contribution < -0.4 is 5.32 Å². The van der Waals surface area contributed by atoms with E-state index >= 15 is 0 Å². The van der Waals surface area contributed by atoms with Crippen molar-refractivity contribution in [3.05, 3.63) is 29.3 Å². The minimum atomic E-state index is -0.443. The number of benzene rings is 1. The van der Waals surface area contributed by atoms with E-state index in [1.165, 1.54) is 0 Å². The predicted molar refractivity (Wildman–Crippen MR) is 54.8 cm³/mol. The molecule has 0 bridgehead atoms. The van der Waals surface area contributed by atoms with Crippen LogP contribution in [0, 0.1) is 13.8 Å². The summed E-state index contributed by atoms with van der Waals surface area (Å²) in [6.45, 7) is 3.83. The van der Waals surface area contributed by atoms with Crippen LogP contribution in [0.5, 0.6) is 0 Å². The number of hydrogen-bond donors (Lipinski definition) is 2. The molecule has 1 aromatic rings. The van der Waals surface area contributed by atoms with Gasteiger partial charge in [0.2, 0.25) is 0 Å². The van der Waals surface area contributed by atoms with E-state index in [4.69, 9.17) is 5.21 Å². The average molecular weight is 192 g/mol. The van der Waals surface area contributed by atoms with Crippen molar-refractivity contribution in [1.82, 2.24) is 0 Å². The molecule has 0 aliphatic rings. The van der Waals surface area contributed by atoms with E-state index < -0.39 is 5.91 Å². The summed E-state index contributed by atoms with van der Waals surface area (Å²) >= 11 is 0. The van der Waals surface area contributed by atoms with Gasteiger partial charge in [-0.05, 0) is 31.0 Å². The van der Waals surface area contributed by atoms with Crippen molar-refractivity contribution in [3.8, 4) is 0 Å². The van der Waals surface area contributed by atoms with Crippen molar-refractivity contribution in [2.24, 2.45) is 5.16 Å². The Morgan fingerprint density at radius 2 is 2.21 bits per heavy atom. The quantitative estimate of drug-likeness (QED) is 0.425. The molecule has 0 atom stereocenters. The second kappa shape index (κ2) is 4.41. The van der Waals surface area contributed by atoms with Gasteiger partial charge in [0.25, 0.3) is 5.91 Å². The number of nitrogens with one attached hydrogen (secondary N) is 1. The van der Waals surface area contributed by atoms with Gasteiger partial charge in [0, 0.05) is 5.69 Å². The van der Waals surface area contributed by atoms with Crippen molar-refractivity contribution in [3.63, 3.8) is 0 Å². The van der Waals surface area contributed by atoms with E-state index in [-0.39, 0.29) is 0 Å². The van der Waals surface area contributed by atoms with Gasteiger partial charge in [-0.15, -0.1) is 0 Å². The average Bonchev–Trinajstić information content (AvgIpc) is 2.12. The highest BCUT2D eigenvalue weighted by Crippen LogP contribution is 2.15. The summed E-state index contributed by atoms with van der Waals surface area (Å²) in [5.74, 6) is -0.443. The molecule has 0 heterocycles. The fraction of sp³-hybridized carbons (Fsp3) is 0.200. The first-order valence-electron chi connectivity index (χ1n) is 4.19. The van der Waals surface area contributed by atoms with Crippen LogP contribution in [0.1, 0.15) is 11.1 Å². The monoisotopic (exact) mass is 192 g/mol. The Morgan fingerprint density at radius 3 is 2.86 bits per heavy atom. The summed E-state index contributed by atoms with van der Waals surface area (Å²) in [5.41, 5.74) is 2.76. The standard InChI is InChI=1S/C10H12N2O2/c1-7-3-4-8(2)9(5-7)12-10(13)6-11-14/h3-6,14H,1-2H3,(H,12,13). The molecular weight excluding hydrogens is 180 g/mol. The number of rotatable bonds is 2. The maximum absolute atomic E-state index is 11.1. The first-order chi connectivity index (χ1) is 6.63. The van der Waals surface area contributed by atoms with Crippen LogP contribution >= 0.6 is 0 Å². The van der Waals surface area contributed by atoms with Gasteiger partial charge in [-0.2, -0.15) is 0 Å². The second-order valence-electron chi connectivity index (χ2n) is 3.05. The summed E-state index contributed by atoms with van der Waals surface area (Å²) in [5, 5.41) is 13.4. The van der Waals surface area contributed by atoms with Crippen LogP contribution in [0.15, 0.2) is 23.4 Å².